The predicted molar refractivity (Wildman–Crippen MR) is 63.8 cm³/mol. The van der Waals surface area contributed by atoms with Crippen molar-refractivity contribution in [1.29, 1.82) is 0 Å². The van der Waals surface area contributed by atoms with Crippen molar-refractivity contribution in [3.63, 3.8) is 0 Å². The molecule has 0 amide bonds. The number of rotatable bonds is 6. The van der Waals surface area contributed by atoms with Gasteiger partial charge in [0.05, 0.1) is 5.75 Å². The van der Waals surface area contributed by atoms with Crippen LogP contribution in [0.5, 0.6) is 0 Å². The zero-order valence-electron chi connectivity index (χ0n) is 10.2. The maximum absolute atomic E-state index is 13.0. The third kappa shape index (κ3) is 4.87. The number of nitrogens with two attached hydrogens (primary N) is 1. The van der Waals surface area contributed by atoms with Gasteiger partial charge in [-0.3, -0.25) is 0 Å². The predicted octanol–water partition coefficient (Wildman–Crippen LogP) is 1.96. The molecule has 17 heavy (non-hydrogen) atoms. The zero-order valence-corrected chi connectivity index (χ0v) is 11.0. The van der Waals surface area contributed by atoms with Crippen molar-refractivity contribution in [3.8, 4) is 0 Å². The van der Waals surface area contributed by atoms with Crippen LogP contribution in [0, 0.1) is 5.92 Å². The maximum atomic E-state index is 13.0. The molecule has 2 atom stereocenters. The smallest absolute Gasteiger partial charge is 0.248 e. The molecule has 6 heteroatoms. The summed E-state index contributed by atoms with van der Waals surface area (Å²) in [6.45, 7) is 1.60. The first-order valence-corrected chi connectivity index (χ1v) is 7.92. The Balaban J connectivity index is 2.29. The summed E-state index contributed by atoms with van der Waals surface area (Å²) in [7, 11) is -2.97. The van der Waals surface area contributed by atoms with Crippen LogP contribution in [0.1, 0.15) is 39.0 Å². The molecule has 1 aliphatic carbocycles. The van der Waals surface area contributed by atoms with E-state index in [1.165, 1.54) is 0 Å². The minimum absolute atomic E-state index is 0.0847. The molecular formula is C11H21F2NO2S. The Morgan fingerprint density at radius 2 is 2.12 bits per heavy atom. The Morgan fingerprint density at radius 3 is 2.59 bits per heavy atom. The highest BCUT2D eigenvalue weighted by molar-refractivity contribution is 7.91. The molecule has 2 unspecified atom stereocenters. The third-order valence-corrected chi connectivity index (χ3v) is 5.27. The minimum Gasteiger partial charge on any atom is -0.327 e. The monoisotopic (exact) mass is 269 g/mol. The lowest BCUT2D eigenvalue weighted by Crippen LogP contribution is -2.30. The molecule has 0 aromatic carbocycles. The van der Waals surface area contributed by atoms with E-state index in [0.29, 0.717) is 19.3 Å². The highest BCUT2D eigenvalue weighted by atomic mass is 32.2. The summed E-state index contributed by atoms with van der Waals surface area (Å²) in [4.78, 5) is 0. The molecule has 2 N–H and O–H groups in total. The molecule has 1 aliphatic rings. The van der Waals surface area contributed by atoms with E-state index in [9.17, 15) is 17.2 Å². The van der Waals surface area contributed by atoms with Crippen LogP contribution in [0.2, 0.25) is 0 Å². The van der Waals surface area contributed by atoms with Crippen LogP contribution in [-0.2, 0) is 9.84 Å². The number of hydrogen-bond acceptors (Lipinski definition) is 3. The molecule has 0 aromatic heterocycles. The van der Waals surface area contributed by atoms with E-state index in [0.717, 1.165) is 0 Å². The van der Waals surface area contributed by atoms with Gasteiger partial charge in [0.2, 0.25) is 5.92 Å². The van der Waals surface area contributed by atoms with Crippen LogP contribution in [0.15, 0.2) is 0 Å². The average Bonchev–Trinajstić information content (AvgIpc) is 2.58. The third-order valence-electron chi connectivity index (χ3n) is 3.48. The molecule has 0 bridgehead atoms. The first kappa shape index (κ1) is 14.8. The fourth-order valence-corrected chi connectivity index (χ4v) is 3.16. The maximum Gasteiger partial charge on any atom is 0.248 e. The largest absolute Gasteiger partial charge is 0.327 e. The molecule has 0 saturated heterocycles. The van der Waals surface area contributed by atoms with Gasteiger partial charge in [-0.1, -0.05) is 6.92 Å². The van der Waals surface area contributed by atoms with Crippen molar-refractivity contribution < 1.29 is 17.2 Å². The number of halogens is 2. The Labute approximate surface area is 102 Å². The summed E-state index contributed by atoms with van der Waals surface area (Å²) in [5.41, 5.74) is 5.84. The second kappa shape index (κ2) is 5.61. The van der Waals surface area contributed by atoms with E-state index in [4.69, 9.17) is 5.73 Å². The minimum atomic E-state index is -2.97. The number of sulfone groups is 1. The standard InChI is InChI=1S/C11H21F2NO2S/c1-2-17(15,16)7-3-4-10(14)9-5-6-11(12,13)8-9/h9-10H,2-8,14H2,1H3. The summed E-state index contributed by atoms with van der Waals surface area (Å²) in [6, 6.07) is -0.296. The molecule has 3 nitrogen and oxygen atoms in total. The SMILES string of the molecule is CCS(=O)(=O)CCCC(N)C1CCC(F)(F)C1. The topological polar surface area (TPSA) is 60.2 Å². The van der Waals surface area contributed by atoms with Crippen molar-refractivity contribution in [2.75, 3.05) is 11.5 Å². The van der Waals surface area contributed by atoms with Crippen LogP contribution >= 0.6 is 0 Å². The van der Waals surface area contributed by atoms with E-state index < -0.39 is 15.8 Å². The molecule has 102 valence electrons. The van der Waals surface area contributed by atoms with Gasteiger partial charge in [0.15, 0.2) is 0 Å². The van der Waals surface area contributed by atoms with Crippen LogP contribution in [-0.4, -0.2) is 31.9 Å². The fourth-order valence-electron chi connectivity index (χ4n) is 2.27. The van der Waals surface area contributed by atoms with Gasteiger partial charge in [-0.15, -0.1) is 0 Å². The quantitative estimate of drug-likeness (QED) is 0.802. The second-order valence-corrected chi connectivity index (χ2v) is 7.37. The molecule has 0 aromatic rings. The lowest BCUT2D eigenvalue weighted by atomic mass is 9.95. The Hall–Kier alpha value is -0.230. The van der Waals surface area contributed by atoms with Crippen molar-refractivity contribution in [2.45, 2.75) is 51.0 Å². The highest BCUT2D eigenvalue weighted by Gasteiger charge is 2.41. The molecule has 1 rings (SSSR count). The molecule has 0 radical (unpaired) electrons. The number of hydrogen-bond donors (Lipinski definition) is 1. The van der Waals surface area contributed by atoms with Crippen molar-refractivity contribution in [1.82, 2.24) is 0 Å². The fraction of sp³-hybridized carbons (Fsp3) is 1.00. The molecule has 1 fully saturated rings. The zero-order chi connectivity index (χ0) is 13.1. The summed E-state index contributed by atoms with van der Waals surface area (Å²) in [5, 5.41) is 0. The lowest BCUT2D eigenvalue weighted by molar-refractivity contribution is 0.00380. The summed E-state index contributed by atoms with van der Waals surface area (Å²) in [6.07, 6.45) is 1.21. The molecule has 1 saturated carbocycles. The van der Waals surface area contributed by atoms with Crippen LogP contribution in [0.25, 0.3) is 0 Å². The van der Waals surface area contributed by atoms with Gasteiger partial charge < -0.3 is 5.73 Å². The Bertz CT molecular complexity index is 343. The van der Waals surface area contributed by atoms with Crippen molar-refractivity contribution in [2.24, 2.45) is 11.7 Å². The van der Waals surface area contributed by atoms with E-state index in [2.05, 4.69) is 0 Å². The van der Waals surface area contributed by atoms with Gasteiger partial charge in [-0.05, 0) is 25.2 Å². The van der Waals surface area contributed by atoms with Gasteiger partial charge in [0, 0.05) is 24.6 Å². The van der Waals surface area contributed by atoms with Gasteiger partial charge in [0.25, 0.3) is 0 Å². The first-order chi connectivity index (χ1) is 7.76. The molecular weight excluding hydrogens is 248 g/mol. The normalized spacial score (nSPS) is 26.0. The van der Waals surface area contributed by atoms with Crippen LogP contribution in [0.4, 0.5) is 8.78 Å². The lowest BCUT2D eigenvalue weighted by Gasteiger charge is -2.18. The van der Waals surface area contributed by atoms with Crippen LogP contribution < -0.4 is 5.73 Å². The molecule has 0 heterocycles. The van der Waals surface area contributed by atoms with E-state index >= 15 is 0 Å². The van der Waals surface area contributed by atoms with Gasteiger partial charge in [-0.2, -0.15) is 0 Å². The van der Waals surface area contributed by atoms with Crippen molar-refractivity contribution >= 4 is 9.84 Å². The van der Waals surface area contributed by atoms with Gasteiger partial charge in [0.1, 0.15) is 9.84 Å². The van der Waals surface area contributed by atoms with Crippen LogP contribution in [0.3, 0.4) is 0 Å². The van der Waals surface area contributed by atoms with E-state index in [1.54, 1.807) is 6.92 Å². The summed E-state index contributed by atoms with van der Waals surface area (Å²) >= 11 is 0. The van der Waals surface area contributed by atoms with E-state index in [1.807, 2.05) is 0 Å². The Kier molecular flexibility index (Phi) is 4.89. The van der Waals surface area contributed by atoms with Gasteiger partial charge in [-0.25, -0.2) is 17.2 Å². The highest BCUT2D eigenvalue weighted by Crippen LogP contribution is 2.40. The Morgan fingerprint density at radius 1 is 1.47 bits per heavy atom. The molecule has 0 aliphatic heterocycles. The first-order valence-electron chi connectivity index (χ1n) is 6.09. The summed E-state index contributed by atoms with van der Waals surface area (Å²) in [5.74, 6) is -2.49. The second-order valence-electron chi connectivity index (χ2n) is 4.90. The molecule has 0 spiro atoms. The van der Waals surface area contributed by atoms with Gasteiger partial charge >= 0.3 is 0 Å². The number of alkyl halides is 2. The summed E-state index contributed by atoms with van der Waals surface area (Å²) < 4.78 is 48.4. The van der Waals surface area contributed by atoms with Crippen molar-refractivity contribution in [3.05, 3.63) is 0 Å². The van der Waals surface area contributed by atoms with E-state index in [-0.39, 0.29) is 36.3 Å². The average molecular weight is 269 g/mol.